The first-order chi connectivity index (χ1) is 13.3. The molecule has 0 saturated carbocycles. The van der Waals surface area contributed by atoms with Gasteiger partial charge in [-0.1, -0.05) is 36.4 Å². The summed E-state index contributed by atoms with van der Waals surface area (Å²) in [6, 6.07) is 14.1. The zero-order valence-electron chi connectivity index (χ0n) is 15.7. The van der Waals surface area contributed by atoms with E-state index in [9.17, 15) is 18.0 Å². The number of ether oxygens (including phenoxy) is 1. The van der Waals surface area contributed by atoms with E-state index in [-0.39, 0.29) is 29.9 Å². The number of aryl methyl sites for hydroxylation is 1. The van der Waals surface area contributed by atoms with Crippen molar-refractivity contribution >= 4 is 21.7 Å². The van der Waals surface area contributed by atoms with Crippen molar-refractivity contribution in [3.8, 4) is 0 Å². The third kappa shape index (κ3) is 5.42. The maximum atomic E-state index is 12.2. The van der Waals surface area contributed by atoms with Crippen molar-refractivity contribution in [2.45, 2.75) is 31.1 Å². The lowest BCUT2D eigenvalue weighted by atomic mass is 9.88. The van der Waals surface area contributed by atoms with Crippen LogP contribution in [0.3, 0.4) is 0 Å². The second kappa shape index (κ2) is 8.56. The first-order valence-corrected chi connectivity index (χ1v) is 11.2. The highest BCUT2D eigenvalue weighted by atomic mass is 32.2. The molecular weight excluding hydrogens is 378 g/mol. The Bertz CT molecular complexity index is 967. The van der Waals surface area contributed by atoms with E-state index in [1.54, 1.807) is 12.1 Å². The normalized spacial score (nSPS) is 16.1. The van der Waals surface area contributed by atoms with Crippen molar-refractivity contribution in [2.24, 2.45) is 0 Å². The summed E-state index contributed by atoms with van der Waals surface area (Å²) in [6.07, 6.45) is 4.02. The minimum Gasteiger partial charge on any atom is -0.452 e. The van der Waals surface area contributed by atoms with Crippen molar-refractivity contribution in [3.05, 3.63) is 70.8 Å². The van der Waals surface area contributed by atoms with Crippen LogP contribution in [-0.4, -0.2) is 33.2 Å². The van der Waals surface area contributed by atoms with E-state index in [1.165, 1.54) is 17.7 Å². The molecule has 148 valence electrons. The number of esters is 1. The number of carbonyl (C=O) groups is 2. The Labute approximate surface area is 164 Å². The van der Waals surface area contributed by atoms with Gasteiger partial charge in [-0.25, -0.2) is 13.2 Å². The zero-order chi connectivity index (χ0) is 20.1. The molecule has 0 heterocycles. The summed E-state index contributed by atoms with van der Waals surface area (Å²) in [5.41, 5.74) is 3.22. The maximum absolute atomic E-state index is 12.2. The van der Waals surface area contributed by atoms with E-state index in [2.05, 4.69) is 11.4 Å². The van der Waals surface area contributed by atoms with Gasteiger partial charge in [0.2, 0.25) is 0 Å². The molecule has 1 atom stereocenters. The molecule has 0 saturated heterocycles. The molecule has 0 bridgehead atoms. The van der Waals surface area contributed by atoms with Gasteiger partial charge in [0.1, 0.15) is 0 Å². The van der Waals surface area contributed by atoms with E-state index in [1.807, 2.05) is 18.2 Å². The van der Waals surface area contributed by atoms with Crippen molar-refractivity contribution < 1.29 is 22.7 Å². The summed E-state index contributed by atoms with van der Waals surface area (Å²) in [4.78, 5) is 24.3. The molecular formula is C21H23NO5S. The van der Waals surface area contributed by atoms with Gasteiger partial charge in [0.15, 0.2) is 16.4 Å². The Hall–Kier alpha value is -2.67. The highest BCUT2D eigenvalue weighted by molar-refractivity contribution is 7.89. The highest BCUT2D eigenvalue weighted by Crippen LogP contribution is 2.29. The van der Waals surface area contributed by atoms with Crippen LogP contribution in [0.1, 0.15) is 45.9 Å². The quantitative estimate of drug-likeness (QED) is 0.752. The molecule has 0 fully saturated rings. The van der Waals surface area contributed by atoms with Crippen LogP contribution in [0.2, 0.25) is 0 Å². The van der Waals surface area contributed by atoms with E-state index < -0.39 is 15.8 Å². The molecule has 0 spiro atoms. The molecule has 2 aromatic rings. The molecule has 1 aliphatic rings. The summed E-state index contributed by atoms with van der Waals surface area (Å²) in [5, 5.41) is 2.93. The molecule has 0 aromatic heterocycles. The van der Waals surface area contributed by atoms with E-state index in [0.29, 0.717) is 5.56 Å². The molecule has 0 unspecified atom stereocenters. The van der Waals surface area contributed by atoms with Gasteiger partial charge < -0.3 is 10.1 Å². The van der Waals surface area contributed by atoms with Crippen LogP contribution >= 0.6 is 0 Å². The molecule has 6 nitrogen and oxygen atoms in total. The van der Waals surface area contributed by atoms with Crippen LogP contribution in [0, 0.1) is 0 Å². The molecule has 0 radical (unpaired) electrons. The van der Waals surface area contributed by atoms with Crippen molar-refractivity contribution in [2.75, 3.05) is 12.9 Å². The summed E-state index contributed by atoms with van der Waals surface area (Å²) in [7, 11) is -3.14. The third-order valence-electron chi connectivity index (χ3n) is 4.66. The first-order valence-electron chi connectivity index (χ1n) is 9.13. The van der Waals surface area contributed by atoms with Crippen LogP contribution < -0.4 is 5.32 Å². The fourth-order valence-corrected chi connectivity index (χ4v) is 4.19. The number of rotatable bonds is 6. The van der Waals surface area contributed by atoms with Gasteiger partial charge in [-0.15, -0.1) is 0 Å². The van der Waals surface area contributed by atoms with Crippen molar-refractivity contribution in [3.63, 3.8) is 0 Å². The lowest BCUT2D eigenvalue weighted by Gasteiger charge is -2.26. The number of amides is 1. The second-order valence-electron chi connectivity index (χ2n) is 7.05. The van der Waals surface area contributed by atoms with Gasteiger partial charge >= 0.3 is 5.97 Å². The molecule has 7 heteroatoms. The predicted molar refractivity (Wildman–Crippen MR) is 106 cm³/mol. The Morgan fingerprint density at radius 2 is 1.82 bits per heavy atom. The Kier molecular flexibility index (Phi) is 6.14. The van der Waals surface area contributed by atoms with Gasteiger partial charge in [-0.05, 0) is 48.1 Å². The van der Waals surface area contributed by atoms with Gasteiger partial charge in [-0.3, -0.25) is 4.79 Å². The van der Waals surface area contributed by atoms with E-state index in [0.717, 1.165) is 31.1 Å². The molecule has 2 aromatic carbocycles. The molecule has 1 N–H and O–H groups in total. The predicted octanol–water partition coefficient (Wildman–Crippen LogP) is 2.58. The fourth-order valence-electron chi connectivity index (χ4n) is 3.39. The molecule has 0 aliphatic heterocycles. The van der Waals surface area contributed by atoms with Crippen LogP contribution in [-0.2, 0) is 31.5 Å². The topological polar surface area (TPSA) is 89.5 Å². The molecule has 28 heavy (non-hydrogen) atoms. The Morgan fingerprint density at radius 3 is 2.54 bits per heavy atom. The standard InChI is InChI=1S/C21H23NO5S/c1-28(25,26)14-15-9-11-17(12-10-15)21(24)27-13-20(23)22-19-8-4-6-16-5-2-3-7-18(16)19/h2-3,5,7,9-12,19H,4,6,8,13-14H2,1H3,(H,22,23)/t19-/m1/s1. The minimum atomic E-state index is -3.14. The minimum absolute atomic E-state index is 0.0635. The number of sulfone groups is 1. The van der Waals surface area contributed by atoms with Gasteiger partial charge in [-0.2, -0.15) is 0 Å². The summed E-state index contributed by atoms with van der Waals surface area (Å²) >= 11 is 0. The smallest absolute Gasteiger partial charge is 0.338 e. The molecule has 1 aliphatic carbocycles. The van der Waals surface area contributed by atoms with Crippen molar-refractivity contribution in [1.82, 2.24) is 5.32 Å². The summed E-state index contributed by atoms with van der Waals surface area (Å²) in [5.74, 6) is -1.05. The number of hydrogen-bond donors (Lipinski definition) is 1. The van der Waals surface area contributed by atoms with Crippen LogP contribution in [0.25, 0.3) is 0 Å². The largest absolute Gasteiger partial charge is 0.452 e. The van der Waals surface area contributed by atoms with E-state index >= 15 is 0 Å². The number of nitrogens with one attached hydrogen (secondary N) is 1. The van der Waals surface area contributed by atoms with Crippen molar-refractivity contribution in [1.29, 1.82) is 0 Å². The Morgan fingerprint density at radius 1 is 1.11 bits per heavy atom. The van der Waals surface area contributed by atoms with Crippen LogP contribution in [0.4, 0.5) is 0 Å². The summed E-state index contributed by atoms with van der Waals surface area (Å²) < 4.78 is 27.7. The SMILES string of the molecule is CS(=O)(=O)Cc1ccc(C(=O)OCC(=O)N[C@@H]2CCCc3ccccc32)cc1. The monoisotopic (exact) mass is 401 g/mol. The third-order valence-corrected chi connectivity index (χ3v) is 5.52. The number of benzene rings is 2. The van der Waals surface area contributed by atoms with Gasteiger partial charge in [0.05, 0.1) is 17.4 Å². The van der Waals surface area contributed by atoms with Gasteiger partial charge in [0.25, 0.3) is 5.91 Å². The number of carbonyl (C=O) groups excluding carboxylic acids is 2. The fraction of sp³-hybridized carbons (Fsp3) is 0.333. The number of hydrogen-bond acceptors (Lipinski definition) is 5. The lowest BCUT2D eigenvalue weighted by Crippen LogP contribution is -2.34. The summed E-state index contributed by atoms with van der Waals surface area (Å²) in [6.45, 7) is -0.359. The van der Waals surface area contributed by atoms with Crippen LogP contribution in [0.15, 0.2) is 48.5 Å². The van der Waals surface area contributed by atoms with Gasteiger partial charge in [0, 0.05) is 6.26 Å². The molecule has 1 amide bonds. The van der Waals surface area contributed by atoms with Crippen LogP contribution in [0.5, 0.6) is 0 Å². The lowest BCUT2D eigenvalue weighted by molar-refractivity contribution is -0.125. The highest BCUT2D eigenvalue weighted by Gasteiger charge is 2.22. The molecule has 3 rings (SSSR count). The second-order valence-corrected chi connectivity index (χ2v) is 9.19. The number of fused-ring (bicyclic) bond motifs is 1. The zero-order valence-corrected chi connectivity index (χ0v) is 16.5. The average Bonchev–Trinajstić information content (AvgIpc) is 2.66. The average molecular weight is 401 g/mol. The Balaban J connectivity index is 1.53. The maximum Gasteiger partial charge on any atom is 0.338 e. The van der Waals surface area contributed by atoms with E-state index in [4.69, 9.17) is 4.74 Å². The first kappa shape index (κ1) is 20.1.